The van der Waals surface area contributed by atoms with Gasteiger partial charge in [-0.25, -0.2) is 13.1 Å². The molecule has 0 radical (unpaired) electrons. The molecule has 120 valence electrons. The Bertz CT molecular complexity index is 601. The van der Waals surface area contributed by atoms with E-state index in [4.69, 9.17) is 4.42 Å². The quantitative estimate of drug-likeness (QED) is 0.723. The SMILES string of the molecule is CCCNCc1c(C)oc(C)c1S(=O)(=O)NCC1(C)CC1. The minimum atomic E-state index is -3.51. The minimum absolute atomic E-state index is 0.139. The second-order valence-corrected chi connectivity index (χ2v) is 8.04. The molecule has 1 saturated carbocycles. The maximum absolute atomic E-state index is 12.6. The van der Waals surface area contributed by atoms with Crippen molar-refractivity contribution >= 4 is 10.0 Å². The molecule has 1 aromatic heterocycles. The molecule has 0 aromatic carbocycles. The van der Waals surface area contributed by atoms with Crippen molar-refractivity contribution in [1.82, 2.24) is 10.0 Å². The highest BCUT2D eigenvalue weighted by Gasteiger charge is 2.39. The largest absolute Gasteiger partial charge is 0.465 e. The van der Waals surface area contributed by atoms with E-state index >= 15 is 0 Å². The minimum Gasteiger partial charge on any atom is -0.465 e. The van der Waals surface area contributed by atoms with E-state index in [1.807, 2.05) is 6.92 Å². The molecule has 0 spiro atoms. The fourth-order valence-corrected chi connectivity index (χ4v) is 4.03. The predicted octanol–water partition coefficient (Wildman–Crippen LogP) is 2.47. The third-order valence-corrected chi connectivity index (χ3v) is 5.71. The van der Waals surface area contributed by atoms with Gasteiger partial charge in [0, 0.05) is 18.7 Å². The van der Waals surface area contributed by atoms with Gasteiger partial charge in [-0.15, -0.1) is 0 Å². The van der Waals surface area contributed by atoms with Gasteiger partial charge in [-0.05, 0) is 45.1 Å². The molecule has 6 heteroatoms. The Morgan fingerprint density at radius 1 is 1.24 bits per heavy atom. The van der Waals surface area contributed by atoms with Crippen LogP contribution >= 0.6 is 0 Å². The number of furan rings is 1. The van der Waals surface area contributed by atoms with E-state index in [0.717, 1.165) is 31.4 Å². The van der Waals surface area contributed by atoms with Crippen LogP contribution in [0.2, 0.25) is 0 Å². The van der Waals surface area contributed by atoms with Crippen LogP contribution in [0.1, 0.15) is 50.2 Å². The number of hydrogen-bond donors (Lipinski definition) is 2. The molecular weight excluding hydrogens is 288 g/mol. The third-order valence-electron chi connectivity index (χ3n) is 4.11. The van der Waals surface area contributed by atoms with Crippen molar-refractivity contribution in [3.05, 3.63) is 17.1 Å². The molecule has 1 heterocycles. The molecule has 0 saturated heterocycles. The zero-order chi connectivity index (χ0) is 15.7. The summed E-state index contributed by atoms with van der Waals surface area (Å²) in [4.78, 5) is 0.313. The van der Waals surface area contributed by atoms with E-state index in [2.05, 4.69) is 23.9 Å². The average Bonchev–Trinajstić information content (AvgIpc) is 3.06. The Morgan fingerprint density at radius 2 is 1.90 bits per heavy atom. The Labute approximate surface area is 127 Å². The first kappa shape index (κ1) is 16.5. The zero-order valence-corrected chi connectivity index (χ0v) is 14.2. The van der Waals surface area contributed by atoms with Crippen LogP contribution < -0.4 is 10.0 Å². The van der Waals surface area contributed by atoms with Gasteiger partial charge >= 0.3 is 0 Å². The first-order valence-corrected chi connectivity index (χ1v) is 9.06. The first-order chi connectivity index (χ1) is 9.79. The highest BCUT2D eigenvalue weighted by atomic mass is 32.2. The normalized spacial score (nSPS) is 17.1. The highest BCUT2D eigenvalue weighted by Crippen LogP contribution is 2.44. The number of aryl methyl sites for hydroxylation is 2. The van der Waals surface area contributed by atoms with E-state index in [1.54, 1.807) is 6.92 Å². The van der Waals surface area contributed by atoms with Gasteiger partial charge in [-0.1, -0.05) is 13.8 Å². The molecular formula is C15H26N2O3S. The van der Waals surface area contributed by atoms with Crippen LogP contribution in [0.15, 0.2) is 9.31 Å². The second kappa shape index (κ2) is 6.10. The molecule has 0 aliphatic heterocycles. The van der Waals surface area contributed by atoms with Crippen LogP contribution in [0.3, 0.4) is 0 Å². The summed E-state index contributed by atoms with van der Waals surface area (Å²) in [6.07, 6.45) is 3.18. The van der Waals surface area contributed by atoms with Crippen molar-refractivity contribution in [2.24, 2.45) is 5.41 Å². The van der Waals surface area contributed by atoms with Gasteiger partial charge in [0.15, 0.2) is 0 Å². The molecule has 1 fully saturated rings. The molecule has 0 unspecified atom stereocenters. The summed E-state index contributed by atoms with van der Waals surface area (Å²) in [6.45, 7) is 9.59. The monoisotopic (exact) mass is 314 g/mol. The van der Waals surface area contributed by atoms with Crippen LogP contribution in [0, 0.1) is 19.3 Å². The number of nitrogens with one attached hydrogen (secondary N) is 2. The van der Waals surface area contributed by atoms with E-state index in [1.165, 1.54) is 0 Å². The van der Waals surface area contributed by atoms with E-state index in [-0.39, 0.29) is 5.41 Å². The van der Waals surface area contributed by atoms with E-state index < -0.39 is 10.0 Å². The fourth-order valence-electron chi connectivity index (χ4n) is 2.39. The molecule has 1 aromatic rings. The summed E-state index contributed by atoms with van der Waals surface area (Å²) >= 11 is 0. The van der Waals surface area contributed by atoms with Crippen molar-refractivity contribution in [2.45, 2.75) is 58.4 Å². The van der Waals surface area contributed by atoms with Crippen molar-refractivity contribution in [1.29, 1.82) is 0 Å². The second-order valence-electron chi connectivity index (χ2n) is 6.33. The van der Waals surface area contributed by atoms with E-state index in [9.17, 15) is 8.42 Å². The molecule has 5 nitrogen and oxygen atoms in total. The molecule has 0 atom stereocenters. The molecule has 2 rings (SSSR count). The lowest BCUT2D eigenvalue weighted by Gasteiger charge is -2.12. The summed E-state index contributed by atoms with van der Waals surface area (Å²) in [5, 5.41) is 3.25. The summed E-state index contributed by atoms with van der Waals surface area (Å²) in [6, 6.07) is 0. The van der Waals surface area contributed by atoms with Gasteiger partial charge in [0.1, 0.15) is 16.4 Å². The van der Waals surface area contributed by atoms with Gasteiger partial charge in [0.2, 0.25) is 10.0 Å². The Hall–Kier alpha value is -0.850. The Balaban J connectivity index is 2.19. The molecule has 1 aliphatic carbocycles. The van der Waals surface area contributed by atoms with Gasteiger partial charge in [-0.3, -0.25) is 0 Å². The van der Waals surface area contributed by atoms with Crippen LogP contribution in [0.4, 0.5) is 0 Å². The Morgan fingerprint density at radius 3 is 2.48 bits per heavy atom. The number of hydrogen-bond acceptors (Lipinski definition) is 4. The van der Waals surface area contributed by atoms with Crippen molar-refractivity contribution < 1.29 is 12.8 Å². The van der Waals surface area contributed by atoms with Crippen LogP contribution in [0.25, 0.3) is 0 Å². The molecule has 21 heavy (non-hydrogen) atoms. The molecule has 0 bridgehead atoms. The lowest BCUT2D eigenvalue weighted by atomic mass is 10.2. The highest BCUT2D eigenvalue weighted by molar-refractivity contribution is 7.89. The molecule has 1 aliphatic rings. The molecule has 0 amide bonds. The average molecular weight is 314 g/mol. The van der Waals surface area contributed by atoms with Crippen molar-refractivity contribution in [3.8, 4) is 0 Å². The van der Waals surface area contributed by atoms with Crippen LogP contribution in [0.5, 0.6) is 0 Å². The topological polar surface area (TPSA) is 71.3 Å². The maximum atomic E-state index is 12.6. The summed E-state index contributed by atoms with van der Waals surface area (Å²) in [5.41, 5.74) is 0.884. The fraction of sp³-hybridized carbons (Fsp3) is 0.733. The summed E-state index contributed by atoms with van der Waals surface area (Å²) < 4.78 is 33.5. The first-order valence-electron chi connectivity index (χ1n) is 7.58. The van der Waals surface area contributed by atoms with Gasteiger partial charge in [-0.2, -0.15) is 0 Å². The lowest BCUT2D eigenvalue weighted by Crippen LogP contribution is -2.30. The van der Waals surface area contributed by atoms with Crippen molar-refractivity contribution in [2.75, 3.05) is 13.1 Å². The van der Waals surface area contributed by atoms with Crippen molar-refractivity contribution in [3.63, 3.8) is 0 Å². The van der Waals surface area contributed by atoms with Crippen LogP contribution in [-0.4, -0.2) is 21.5 Å². The number of sulfonamides is 1. The van der Waals surface area contributed by atoms with Crippen LogP contribution in [-0.2, 0) is 16.6 Å². The lowest BCUT2D eigenvalue weighted by molar-refractivity contribution is 0.491. The standard InChI is InChI=1S/C15H26N2O3S/c1-5-8-16-9-13-11(2)20-12(3)14(13)21(18,19)17-10-15(4)6-7-15/h16-17H,5-10H2,1-4H3. The smallest absolute Gasteiger partial charge is 0.244 e. The predicted molar refractivity (Wildman–Crippen MR) is 82.7 cm³/mol. The van der Waals surface area contributed by atoms with Gasteiger partial charge in [0.25, 0.3) is 0 Å². The third kappa shape index (κ3) is 3.87. The van der Waals surface area contributed by atoms with Gasteiger partial charge in [0.05, 0.1) is 0 Å². The maximum Gasteiger partial charge on any atom is 0.244 e. The van der Waals surface area contributed by atoms with Gasteiger partial charge < -0.3 is 9.73 Å². The zero-order valence-electron chi connectivity index (χ0n) is 13.4. The number of rotatable bonds is 8. The summed E-state index contributed by atoms with van der Waals surface area (Å²) in [5.74, 6) is 1.14. The summed E-state index contributed by atoms with van der Waals surface area (Å²) in [7, 11) is -3.51. The van der Waals surface area contributed by atoms with E-state index in [0.29, 0.717) is 29.5 Å². The molecule has 2 N–H and O–H groups in total. The Kier molecular flexibility index (Phi) is 4.80.